The Kier molecular flexibility index (Phi) is 8.06. The highest BCUT2D eigenvalue weighted by Crippen LogP contribution is 2.22. The lowest BCUT2D eigenvalue weighted by molar-refractivity contribution is -0.132. The molecule has 1 aromatic heterocycles. The normalized spacial score (nSPS) is 12.1. The highest BCUT2D eigenvalue weighted by atomic mass is 32.2. The SMILES string of the molecule is CN(C)CCN(Cc1ccc(F)cc1)C(=O)CCc1nc2cc(S(=O)(=O)N(C)C)ccc2n1C. The van der Waals surface area contributed by atoms with Crippen molar-refractivity contribution >= 4 is 27.0 Å². The van der Waals surface area contributed by atoms with E-state index in [1.807, 2.05) is 30.6 Å². The van der Waals surface area contributed by atoms with E-state index in [0.29, 0.717) is 37.4 Å². The van der Waals surface area contributed by atoms with E-state index in [4.69, 9.17) is 0 Å². The highest BCUT2D eigenvalue weighted by molar-refractivity contribution is 7.89. The average molecular weight is 490 g/mol. The van der Waals surface area contributed by atoms with Crippen LogP contribution >= 0.6 is 0 Å². The van der Waals surface area contributed by atoms with Crippen molar-refractivity contribution in [3.05, 3.63) is 59.7 Å². The molecule has 0 radical (unpaired) electrons. The number of sulfonamides is 1. The van der Waals surface area contributed by atoms with E-state index < -0.39 is 10.0 Å². The van der Waals surface area contributed by atoms with Crippen LogP contribution < -0.4 is 0 Å². The summed E-state index contributed by atoms with van der Waals surface area (Å²) in [6.07, 6.45) is 0.677. The number of halogens is 1. The first kappa shape index (κ1) is 25.8. The maximum absolute atomic E-state index is 13.3. The van der Waals surface area contributed by atoms with Gasteiger partial charge in [0.1, 0.15) is 11.6 Å². The van der Waals surface area contributed by atoms with Crippen molar-refractivity contribution in [1.82, 2.24) is 23.7 Å². The molecule has 10 heteroatoms. The largest absolute Gasteiger partial charge is 0.337 e. The third-order valence-corrected chi connectivity index (χ3v) is 7.55. The summed E-state index contributed by atoms with van der Waals surface area (Å²) < 4.78 is 41.2. The molecule has 0 saturated heterocycles. The van der Waals surface area contributed by atoms with Crippen molar-refractivity contribution in [3.63, 3.8) is 0 Å². The zero-order valence-electron chi connectivity index (χ0n) is 20.3. The van der Waals surface area contributed by atoms with Gasteiger partial charge in [-0.1, -0.05) is 12.1 Å². The number of likely N-dealkylation sites (N-methyl/N-ethyl adjacent to an activating group) is 1. The van der Waals surface area contributed by atoms with Crippen LogP contribution in [0.25, 0.3) is 11.0 Å². The third-order valence-electron chi connectivity index (χ3n) is 5.74. The summed E-state index contributed by atoms with van der Waals surface area (Å²) in [5, 5.41) is 0. The maximum Gasteiger partial charge on any atom is 0.242 e. The minimum atomic E-state index is -3.56. The van der Waals surface area contributed by atoms with Crippen LogP contribution in [0.3, 0.4) is 0 Å². The number of nitrogens with zero attached hydrogens (tertiary/aromatic N) is 5. The van der Waals surface area contributed by atoms with Crippen LogP contribution in [0, 0.1) is 5.82 Å². The summed E-state index contributed by atoms with van der Waals surface area (Å²) in [6.45, 7) is 1.67. The lowest BCUT2D eigenvalue weighted by Crippen LogP contribution is -2.36. The number of hydrogen-bond donors (Lipinski definition) is 0. The second kappa shape index (κ2) is 10.6. The molecule has 0 spiro atoms. The van der Waals surface area contributed by atoms with E-state index in [-0.39, 0.29) is 23.0 Å². The van der Waals surface area contributed by atoms with Crippen molar-refractivity contribution in [1.29, 1.82) is 0 Å². The molecule has 3 rings (SSSR count). The van der Waals surface area contributed by atoms with Crippen LogP contribution in [0.5, 0.6) is 0 Å². The smallest absolute Gasteiger partial charge is 0.242 e. The second-order valence-corrected chi connectivity index (χ2v) is 10.9. The molecule has 2 aromatic carbocycles. The summed E-state index contributed by atoms with van der Waals surface area (Å²) in [5.74, 6) is 0.379. The number of carbonyl (C=O) groups excluding carboxylic acids is 1. The van der Waals surface area contributed by atoms with Gasteiger partial charge in [-0.25, -0.2) is 22.1 Å². The van der Waals surface area contributed by atoms with E-state index in [9.17, 15) is 17.6 Å². The maximum atomic E-state index is 13.3. The van der Waals surface area contributed by atoms with Gasteiger partial charge in [-0.3, -0.25) is 4.79 Å². The predicted molar refractivity (Wildman–Crippen MR) is 130 cm³/mol. The van der Waals surface area contributed by atoms with E-state index in [0.717, 1.165) is 11.1 Å². The number of rotatable bonds is 10. The number of fused-ring (bicyclic) bond motifs is 1. The molecule has 3 aromatic rings. The van der Waals surface area contributed by atoms with Crippen LogP contribution in [-0.4, -0.2) is 79.3 Å². The van der Waals surface area contributed by atoms with Gasteiger partial charge in [0, 0.05) is 53.6 Å². The summed E-state index contributed by atoms with van der Waals surface area (Å²) in [7, 11) is 5.18. The fourth-order valence-electron chi connectivity index (χ4n) is 3.62. The van der Waals surface area contributed by atoms with E-state index in [2.05, 4.69) is 4.98 Å². The van der Waals surface area contributed by atoms with E-state index in [1.165, 1.54) is 30.5 Å². The zero-order chi connectivity index (χ0) is 25.0. The Hall–Kier alpha value is -2.82. The molecule has 184 valence electrons. The van der Waals surface area contributed by atoms with Gasteiger partial charge in [-0.2, -0.15) is 0 Å². The molecule has 0 aliphatic rings. The first-order valence-electron chi connectivity index (χ1n) is 11.0. The average Bonchev–Trinajstić information content (AvgIpc) is 3.10. The molecule has 0 atom stereocenters. The Labute approximate surface area is 200 Å². The second-order valence-electron chi connectivity index (χ2n) is 8.77. The molecule has 8 nitrogen and oxygen atoms in total. The molecule has 0 fully saturated rings. The molecule has 0 saturated carbocycles. The number of aryl methyl sites for hydroxylation is 2. The van der Waals surface area contributed by atoms with Crippen LogP contribution in [-0.2, 0) is 34.8 Å². The summed E-state index contributed by atoms with van der Waals surface area (Å²) in [6, 6.07) is 11.0. The third kappa shape index (κ3) is 5.99. The molecule has 0 unspecified atom stereocenters. The summed E-state index contributed by atoms with van der Waals surface area (Å²) >= 11 is 0. The Bertz CT molecular complexity index is 1250. The van der Waals surface area contributed by atoms with Gasteiger partial charge in [0.25, 0.3) is 0 Å². The molecular weight excluding hydrogens is 457 g/mol. The molecule has 1 heterocycles. The molecular formula is C24H32FN5O3S. The lowest BCUT2D eigenvalue weighted by Gasteiger charge is -2.24. The number of benzene rings is 2. The van der Waals surface area contributed by atoms with Crippen LogP contribution in [0.2, 0.25) is 0 Å². The molecule has 34 heavy (non-hydrogen) atoms. The quantitative estimate of drug-likeness (QED) is 0.437. The minimum Gasteiger partial charge on any atom is -0.337 e. The van der Waals surface area contributed by atoms with Gasteiger partial charge in [0.2, 0.25) is 15.9 Å². The van der Waals surface area contributed by atoms with Crippen LogP contribution in [0.4, 0.5) is 4.39 Å². The van der Waals surface area contributed by atoms with E-state index >= 15 is 0 Å². The molecule has 0 bridgehead atoms. The monoisotopic (exact) mass is 489 g/mol. The van der Waals surface area contributed by atoms with Gasteiger partial charge in [-0.15, -0.1) is 0 Å². The van der Waals surface area contributed by atoms with E-state index in [1.54, 1.807) is 35.2 Å². The Balaban J connectivity index is 1.76. The van der Waals surface area contributed by atoms with Crippen LogP contribution in [0.1, 0.15) is 17.8 Å². The van der Waals surface area contributed by atoms with Gasteiger partial charge in [0.05, 0.1) is 15.9 Å². The minimum absolute atomic E-state index is 0.0193. The standard InChI is InChI=1S/C24H32FN5O3S/c1-27(2)14-15-30(17-18-6-8-19(25)9-7-18)24(31)13-12-23-26-21-16-20(34(32,33)28(3)4)10-11-22(21)29(23)5/h6-11,16H,12-15,17H2,1-5H3. The summed E-state index contributed by atoms with van der Waals surface area (Å²) in [5.41, 5.74) is 2.24. The Morgan fingerprint density at radius 2 is 1.71 bits per heavy atom. The van der Waals surface area contributed by atoms with Gasteiger partial charge in [-0.05, 0) is 50.0 Å². The molecule has 1 amide bonds. The number of carbonyl (C=O) groups is 1. The fourth-order valence-corrected chi connectivity index (χ4v) is 4.55. The number of aromatic nitrogens is 2. The fraction of sp³-hybridized carbons (Fsp3) is 0.417. The topological polar surface area (TPSA) is 78.8 Å². The zero-order valence-corrected chi connectivity index (χ0v) is 21.1. The number of imidazole rings is 1. The summed E-state index contributed by atoms with van der Waals surface area (Å²) in [4.78, 5) is 21.7. The van der Waals surface area contributed by atoms with Crippen molar-refractivity contribution < 1.29 is 17.6 Å². The van der Waals surface area contributed by atoms with Crippen molar-refractivity contribution in [2.24, 2.45) is 7.05 Å². The molecule has 0 aliphatic carbocycles. The van der Waals surface area contributed by atoms with Crippen molar-refractivity contribution in [2.75, 3.05) is 41.3 Å². The van der Waals surface area contributed by atoms with Gasteiger partial charge in [0.15, 0.2) is 0 Å². The molecule has 0 aliphatic heterocycles. The van der Waals surface area contributed by atoms with Gasteiger partial charge < -0.3 is 14.4 Å². The first-order chi connectivity index (χ1) is 16.0. The Morgan fingerprint density at radius 3 is 2.32 bits per heavy atom. The van der Waals surface area contributed by atoms with Crippen molar-refractivity contribution in [3.8, 4) is 0 Å². The predicted octanol–water partition coefficient (Wildman–Crippen LogP) is 2.49. The number of hydrogen-bond acceptors (Lipinski definition) is 5. The van der Waals surface area contributed by atoms with Crippen LogP contribution in [0.15, 0.2) is 47.4 Å². The van der Waals surface area contributed by atoms with Crippen molar-refractivity contribution in [2.45, 2.75) is 24.3 Å². The first-order valence-corrected chi connectivity index (χ1v) is 12.5. The Morgan fingerprint density at radius 1 is 1.03 bits per heavy atom. The highest BCUT2D eigenvalue weighted by Gasteiger charge is 2.20. The molecule has 0 N–H and O–H groups in total. The van der Waals surface area contributed by atoms with Gasteiger partial charge >= 0.3 is 0 Å². The number of amides is 1. The lowest BCUT2D eigenvalue weighted by atomic mass is 10.2.